The summed E-state index contributed by atoms with van der Waals surface area (Å²) in [6, 6.07) is 7.70. The molecule has 2 N–H and O–H groups in total. The number of rotatable bonds is 6. The van der Waals surface area contributed by atoms with Crippen molar-refractivity contribution in [2.24, 2.45) is 0 Å². The van der Waals surface area contributed by atoms with Crippen LogP contribution >= 0.6 is 0 Å². The zero-order valence-electron chi connectivity index (χ0n) is 10.8. The number of carbonyl (C=O) groups is 1. The summed E-state index contributed by atoms with van der Waals surface area (Å²) >= 11 is 0. The second-order valence-electron chi connectivity index (χ2n) is 4.12. The van der Waals surface area contributed by atoms with E-state index in [1.807, 2.05) is 31.2 Å². The van der Waals surface area contributed by atoms with Gasteiger partial charge in [-0.1, -0.05) is 19.1 Å². The van der Waals surface area contributed by atoms with Crippen LogP contribution in [0.3, 0.4) is 0 Å². The van der Waals surface area contributed by atoms with Gasteiger partial charge in [0.15, 0.2) is 0 Å². The van der Waals surface area contributed by atoms with Crippen molar-refractivity contribution in [3.8, 4) is 0 Å². The fourth-order valence-electron chi connectivity index (χ4n) is 1.64. The standard InChI is InChI=1S/C13H17N5O/c1-2-14-7-13(19)17-12-5-3-11(4-6-12)8-18-10-15-9-16-18/h3-6,9-10,14H,2,7-8H2,1H3,(H,17,19). The lowest BCUT2D eigenvalue weighted by Crippen LogP contribution is -2.27. The van der Waals surface area contributed by atoms with Crippen LogP contribution in [-0.2, 0) is 11.3 Å². The van der Waals surface area contributed by atoms with Crippen LogP contribution in [0.1, 0.15) is 12.5 Å². The quantitative estimate of drug-likeness (QED) is 0.807. The highest BCUT2D eigenvalue weighted by Crippen LogP contribution is 2.10. The molecule has 0 fully saturated rings. The molecule has 0 aliphatic carbocycles. The maximum absolute atomic E-state index is 11.5. The van der Waals surface area contributed by atoms with Crippen LogP contribution in [0.2, 0.25) is 0 Å². The van der Waals surface area contributed by atoms with E-state index in [4.69, 9.17) is 0 Å². The third-order valence-corrected chi connectivity index (χ3v) is 2.58. The molecule has 0 saturated heterocycles. The molecule has 100 valence electrons. The van der Waals surface area contributed by atoms with E-state index in [0.717, 1.165) is 17.8 Å². The summed E-state index contributed by atoms with van der Waals surface area (Å²) < 4.78 is 1.75. The zero-order chi connectivity index (χ0) is 13.5. The molecule has 1 amide bonds. The van der Waals surface area contributed by atoms with Gasteiger partial charge in [0, 0.05) is 5.69 Å². The first-order valence-corrected chi connectivity index (χ1v) is 6.20. The van der Waals surface area contributed by atoms with E-state index in [0.29, 0.717) is 13.1 Å². The summed E-state index contributed by atoms with van der Waals surface area (Å²) in [6.07, 6.45) is 3.18. The highest BCUT2D eigenvalue weighted by atomic mass is 16.1. The Morgan fingerprint density at radius 3 is 2.74 bits per heavy atom. The number of amides is 1. The highest BCUT2D eigenvalue weighted by Gasteiger charge is 2.01. The maximum atomic E-state index is 11.5. The molecule has 0 bridgehead atoms. The third kappa shape index (κ3) is 4.18. The van der Waals surface area contributed by atoms with Gasteiger partial charge in [0.2, 0.25) is 5.91 Å². The highest BCUT2D eigenvalue weighted by molar-refractivity contribution is 5.92. The molecule has 0 spiro atoms. The van der Waals surface area contributed by atoms with Gasteiger partial charge in [-0.3, -0.25) is 4.79 Å². The summed E-state index contributed by atoms with van der Waals surface area (Å²) in [5.41, 5.74) is 1.90. The smallest absolute Gasteiger partial charge is 0.238 e. The van der Waals surface area contributed by atoms with Crippen molar-refractivity contribution in [1.29, 1.82) is 0 Å². The summed E-state index contributed by atoms with van der Waals surface area (Å²) in [5.74, 6) is -0.0362. The first-order chi connectivity index (χ1) is 9.28. The number of benzene rings is 1. The van der Waals surface area contributed by atoms with Crippen molar-refractivity contribution in [3.63, 3.8) is 0 Å². The molecule has 0 saturated carbocycles. The van der Waals surface area contributed by atoms with E-state index in [1.54, 1.807) is 11.0 Å². The number of anilines is 1. The van der Waals surface area contributed by atoms with Crippen LogP contribution in [0.4, 0.5) is 5.69 Å². The molecule has 2 aromatic rings. The SMILES string of the molecule is CCNCC(=O)Nc1ccc(Cn2cncn2)cc1. The fourth-order valence-corrected chi connectivity index (χ4v) is 1.64. The summed E-state index contributed by atoms with van der Waals surface area (Å²) in [6.45, 7) is 3.75. The van der Waals surface area contributed by atoms with E-state index < -0.39 is 0 Å². The molecule has 1 aromatic carbocycles. The van der Waals surface area contributed by atoms with Gasteiger partial charge in [-0.15, -0.1) is 0 Å². The predicted octanol–water partition coefficient (Wildman–Crippen LogP) is 0.874. The average Bonchev–Trinajstić information content (AvgIpc) is 2.91. The van der Waals surface area contributed by atoms with Crippen molar-refractivity contribution in [2.45, 2.75) is 13.5 Å². The minimum atomic E-state index is -0.0362. The first-order valence-electron chi connectivity index (χ1n) is 6.20. The average molecular weight is 259 g/mol. The third-order valence-electron chi connectivity index (χ3n) is 2.58. The van der Waals surface area contributed by atoms with Gasteiger partial charge in [-0.25, -0.2) is 9.67 Å². The number of likely N-dealkylation sites (N-methyl/N-ethyl adjacent to an activating group) is 1. The van der Waals surface area contributed by atoms with Crippen LogP contribution < -0.4 is 10.6 Å². The Kier molecular flexibility index (Phi) is 4.63. The Bertz CT molecular complexity index is 506. The number of nitrogens with zero attached hydrogens (tertiary/aromatic N) is 3. The van der Waals surface area contributed by atoms with E-state index in [9.17, 15) is 4.79 Å². The molecule has 1 heterocycles. The normalized spacial score (nSPS) is 10.4. The minimum absolute atomic E-state index is 0.0362. The van der Waals surface area contributed by atoms with E-state index in [1.165, 1.54) is 6.33 Å². The van der Waals surface area contributed by atoms with Crippen LogP contribution in [0.5, 0.6) is 0 Å². The number of nitrogens with one attached hydrogen (secondary N) is 2. The Morgan fingerprint density at radius 1 is 1.32 bits per heavy atom. The molecule has 0 unspecified atom stereocenters. The molecule has 0 atom stereocenters. The lowest BCUT2D eigenvalue weighted by Gasteiger charge is -2.07. The second kappa shape index (κ2) is 6.65. The molecular formula is C13H17N5O. The van der Waals surface area contributed by atoms with Crippen molar-refractivity contribution >= 4 is 11.6 Å². The van der Waals surface area contributed by atoms with Crippen molar-refractivity contribution < 1.29 is 4.79 Å². The zero-order valence-corrected chi connectivity index (χ0v) is 10.8. The van der Waals surface area contributed by atoms with E-state index in [2.05, 4.69) is 20.7 Å². The van der Waals surface area contributed by atoms with Crippen molar-refractivity contribution in [1.82, 2.24) is 20.1 Å². The van der Waals surface area contributed by atoms with Gasteiger partial charge in [0.1, 0.15) is 12.7 Å². The van der Waals surface area contributed by atoms with Gasteiger partial charge in [0.25, 0.3) is 0 Å². The molecule has 1 aromatic heterocycles. The molecule has 0 aliphatic rings. The van der Waals surface area contributed by atoms with Gasteiger partial charge in [0.05, 0.1) is 13.1 Å². The molecule has 0 radical (unpaired) electrons. The monoisotopic (exact) mass is 259 g/mol. The van der Waals surface area contributed by atoms with Gasteiger partial charge >= 0.3 is 0 Å². The number of aromatic nitrogens is 3. The fraction of sp³-hybridized carbons (Fsp3) is 0.308. The number of carbonyl (C=O) groups excluding carboxylic acids is 1. The van der Waals surface area contributed by atoms with Crippen LogP contribution in [-0.4, -0.2) is 33.8 Å². The summed E-state index contributed by atoms with van der Waals surface area (Å²) in [7, 11) is 0. The van der Waals surface area contributed by atoms with E-state index in [-0.39, 0.29) is 5.91 Å². The Hall–Kier alpha value is -2.21. The molecule has 19 heavy (non-hydrogen) atoms. The Balaban J connectivity index is 1.89. The van der Waals surface area contributed by atoms with Crippen LogP contribution in [0.25, 0.3) is 0 Å². The van der Waals surface area contributed by atoms with Crippen LogP contribution in [0, 0.1) is 0 Å². The second-order valence-corrected chi connectivity index (χ2v) is 4.12. The molecular weight excluding hydrogens is 242 g/mol. The van der Waals surface area contributed by atoms with Gasteiger partial charge in [-0.2, -0.15) is 5.10 Å². The largest absolute Gasteiger partial charge is 0.325 e. The predicted molar refractivity (Wildman–Crippen MR) is 72.7 cm³/mol. The van der Waals surface area contributed by atoms with Gasteiger partial charge in [-0.05, 0) is 24.2 Å². The molecule has 6 nitrogen and oxygen atoms in total. The lowest BCUT2D eigenvalue weighted by atomic mass is 10.2. The molecule has 2 rings (SSSR count). The minimum Gasteiger partial charge on any atom is -0.325 e. The summed E-state index contributed by atoms with van der Waals surface area (Å²) in [4.78, 5) is 15.4. The van der Waals surface area contributed by atoms with Gasteiger partial charge < -0.3 is 10.6 Å². The van der Waals surface area contributed by atoms with Crippen molar-refractivity contribution in [3.05, 3.63) is 42.5 Å². The Labute approximate surface area is 111 Å². The van der Waals surface area contributed by atoms with Crippen LogP contribution in [0.15, 0.2) is 36.9 Å². The molecule has 6 heteroatoms. The summed E-state index contributed by atoms with van der Waals surface area (Å²) in [5, 5.41) is 9.85. The lowest BCUT2D eigenvalue weighted by molar-refractivity contribution is -0.115. The topological polar surface area (TPSA) is 71.8 Å². The van der Waals surface area contributed by atoms with Crippen molar-refractivity contribution in [2.75, 3.05) is 18.4 Å². The Morgan fingerprint density at radius 2 is 2.11 bits per heavy atom. The maximum Gasteiger partial charge on any atom is 0.238 e. The number of hydrogen-bond acceptors (Lipinski definition) is 4. The first kappa shape index (κ1) is 13.2. The molecule has 0 aliphatic heterocycles. The number of hydrogen-bond donors (Lipinski definition) is 2. The van der Waals surface area contributed by atoms with E-state index >= 15 is 0 Å².